The number of ether oxygens (including phenoxy) is 1. The smallest absolute Gasteiger partial charge is 0.275 e. The van der Waals surface area contributed by atoms with Crippen molar-refractivity contribution in [2.75, 3.05) is 23.3 Å². The van der Waals surface area contributed by atoms with Crippen molar-refractivity contribution in [1.82, 2.24) is 4.98 Å². The Morgan fingerprint density at radius 2 is 1.92 bits per heavy atom. The number of hydrogen-bond acceptors (Lipinski definition) is 4. The molecule has 1 fully saturated rings. The van der Waals surface area contributed by atoms with Crippen molar-refractivity contribution >= 4 is 40.5 Å². The molecule has 2 atom stereocenters. The van der Waals surface area contributed by atoms with Crippen LogP contribution in [0.25, 0.3) is 0 Å². The minimum Gasteiger partial charge on any atom is -0.372 e. The van der Waals surface area contributed by atoms with Crippen LogP contribution in [0.2, 0.25) is 10.2 Å². The van der Waals surface area contributed by atoms with Crippen LogP contribution >= 0.6 is 23.2 Å². The molecule has 2 unspecified atom stereocenters. The third kappa shape index (κ3) is 4.26. The lowest BCUT2D eigenvalue weighted by Gasteiger charge is -2.37. The van der Waals surface area contributed by atoms with Crippen LogP contribution in [0, 0.1) is 5.82 Å². The van der Waals surface area contributed by atoms with E-state index in [4.69, 9.17) is 27.9 Å². The van der Waals surface area contributed by atoms with Crippen molar-refractivity contribution in [2.24, 2.45) is 0 Å². The number of anilines is 2. The fourth-order valence-electron chi connectivity index (χ4n) is 2.98. The van der Waals surface area contributed by atoms with Crippen LogP contribution in [0.4, 0.5) is 15.8 Å². The Morgan fingerprint density at radius 3 is 2.58 bits per heavy atom. The molecule has 0 aliphatic carbocycles. The van der Waals surface area contributed by atoms with E-state index in [1.54, 1.807) is 12.1 Å². The first-order valence-corrected chi connectivity index (χ1v) is 8.92. The number of carbonyl (C=O) groups is 1. The van der Waals surface area contributed by atoms with Crippen molar-refractivity contribution < 1.29 is 13.9 Å². The van der Waals surface area contributed by atoms with Gasteiger partial charge in [0.1, 0.15) is 16.7 Å². The van der Waals surface area contributed by atoms with Gasteiger partial charge in [-0.3, -0.25) is 4.79 Å². The van der Waals surface area contributed by atoms with E-state index in [9.17, 15) is 9.18 Å². The predicted molar refractivity (Wildman–Crippen MR) is 101 cm³/mol. The molecule has 0 saturated carbocycles. The Bertz CT molecular complexity index is 824. The van der Waals surface area contributed by atoms with Crippen molar-refractivity contribution in [3.8, 4) is 0 Å². The molecular weight excluding hydrogens is 380 g/mol. The first kappa shape index (κ1) is 18.9. The number of rotatable bonds is 3. The Morgan fingerprint density at radius 1 is 1.23 bits per heavy atom. The molecule has 138 valence electrons. The minimum atomic E-state index is -0.557. The Balaban J connectivity index is 1.77. The number of aromatic nitrogens is 1. The van der Waals surface area contributed by atoms with Crippen LogP contribution in [0.1, 0.15) is 24.3 Å². The zero-order chi connectivity index (χ0) is 18.8. The zero-order valence-electron chi connectivity index (χ0n) is 14.3. The average Bonchev–Trinajstić information content (AvgIpc) is 2.56. The Labute approximate surface area is 161 Å². The summed E-state index contributed by atoms with van der Waals surface area (Å²) in [4.78, 5) is 18.1. The lowest BCUT2D eigenvalue weighted by molar-refractivity contribution is -0.00539. The van der Waals surface area contributed by atoms with Crippen LogP contribution in [-0.2, 0) is 4.74 Å². The molecule has 8 heteroatoms. The van der Waals surface area contributed by atoms with Gasteiger partial charge in [-0.1, -0.05) is 23.2 Å². The molecule has 1 saturated heterocycles. The van der Waals surface area contributed by atoms with Crippen LogP contribution in [0.15, 0.2) is 30.3 Å². The van der Waals surface area contributed by atoms with Crippen LogP contribution in [0.3, 0.4) is 0 Å². The van der Waals surface area contributed by atoms with E-state index in [1.807, 2.05) is 18.7 Å². The van der Waals surface area contributed by atoms with Crippen molar-refractivity contribution in [2.45, 2.75) is 26.1 Å². The second-order valence-corrected chi connectivity index (χ2v) is 7.04. The molecule has 0 bridgehead atoms. The largest absolute Gasteiger partial charge is 0.372 e. The SMILES string of the molecule is CC1CN(c2ccc(NC(=O)c3nc(Cl)ccc3Cl)cc2F)CC(C)O1. The number of benzene rings is 1. The summed E-state index contributed by atoms with van der Waals surface area (Å²) in [5, 5.41) is 2.90. The molecule has 0 spiro atoms. The number of carbonyl (C=O) groups excluding carboxylic acids is 1. The topological polar surface area (TPSA) is 54.5 Å². The second kappa shape index (κ2) is 7.78. The maximum absolute atomic E-state index is 14.6. The van der Waals surface area contributed by atoms with Gasteiger partial charge in [-0.25, -0.2) is 9.37 Å². The third-order valence-corrected chi connectivity index (χ3v) is 4.51. The summed E-state index contributed by atoms with van der Waals surface area (Å²) in [6, 6.07) is 7.52. The van der Waals surface area contributed by atoms with E-state index in [-0.39, 0.29) is 28.1 Å². The number of nitrogens with zero attached hydrogens (tertiary/aromatic N) is 2. The van der Waals surface area contributed by atoms with E-state index in [2.05, 4.69) is 10.3 Å². The first-order chi connectivity index (χ1) is 12.3. The number of nitrogens with one attached hydrogen (secondary N) is 1. The maximum atomic E-state index is 14.6. The Hall–Kier alpha value is -1.89. The molecule has 1 aromatic carbocycles. The van der Waals surface area contributed by atoms with Crippen molar-refractivity contribution in [3.63, 3.8) is 0 Å². The number of pyridine rings is 1. The molecule has 0 radical (unpaired) electrons. The quantitative estimate of drug-likeness (QED) is 0.780. The summed E-state index contributed by atoms with van der Waals surface area (Å²) in [5.74, 6) is -0.979. The van der Waals surface area contributed by atoms with Crippen LogP contribution in [0.5, 0.6) is 0 Å². The standard InChI is InChI=1S/C18H18Cl2FN3O2/c1-10-8-24(9-11(2)26-10)15-5-3-12(7-14(15)21)22-18(25)17-13(19)4-6-16(20)23-17/h3-7,10-11H,8-9H2,1-2H3,(H,22,25). The van der Waals surface area contributed by atoms with Gasteiger partial charge >= 0.3 is 0 Å². The summed E-state index contributed by atoms with van der Waals surface area (Å²) < 4.78 is 20.3. The molecule has 1 amide bonds. The van der Waals surface area contributed by atoms with E-state index in [0.717, 1.165) is 0 Å². The van der Waals surface area contributed by atoms with Gasteiger partial charge in [0.05, 0.1) is 22.9 Å². The number of morpholine rings is 1. The molecule has 26 heavy (non-hydrogen) atoms. The summed E-state index contributed by atoms with van der Waals surface area (Å²) in [6.45, 7) is 5.12. The van der Waals surface area contributed by atoms with E-state index in [0.29, 0.717) is 24.5 Å². The summed E-state index contributed by atoms with van der Waals surface area (Å²) in [6.07, 6.45) is 0.0437. The molecule has 1 aliphatic rings. The highest BCUT2D eigenvalue weighted by Crippen LogP contribution is 2.26. The minimum absolute atomic E-state index is 0.0144. The van der Waals surface area contributed by atoms with E-state index < -0.39 is 11.7 Å². The molecular formula is C18H18Cl2FN3O2. The molecule has 3 rings (SSSR count). The summed E-state index contributed by atoms with van der Waals surface area (Å²) in [7, 11) is 0. The van der Waals surface area contributed by atoms with Gasteiger partial charge in [0.25, 0.3) is 5.91 Å². The average molecular weight is 398 g/mol. The van der Waals surface area contributed by atoms with E-state index >= 15 is 0 Å². The predicted octanol–water partition coefficient (Wildman–Crippen LogP) is 4.39. The highest BCUT2D eigenvalue weighted by molar-refractivity contribution is 6.35. The monoisotopic (exact) mass is 397 g/mol. The third-order valence-electron chi connectivity index (χ3n) is 3.99. The molecule has 5 nitrogen and oxygen atoms in total. The van der Waals surface area contributed by atoms with Crippen LogP contribution < -0.4 is 10.2 Å². The number of amides is 1. The molecule has 1 N–H and O–H groups in total. The van der Waals surface area contributed by atoms with Crippen molar-refractivity contribution in [3.05, 3.63) is 52.0 Å². The van der Waals surface area contributed by atoms with Gasteiger partial charge in [0.2, 0.25) is 0 Å². The first-order valence-electron chi connectivity index (χ1n) is 8.17. The molecule has 1 aliphatic heterocycles. The summed E-state index contributed by atoms with van der Waals surface area (Å²) in [5.41, 5.74) is 0.770. The number of hydrogen-bond donors (Lipinski definition) is 1. The lowest BCUT2D eigenvalue weighted by Crippen LogP contribution is -2.45. The van der Waals surface area contributed by atoms with Gasteiger partial charge in [-0.05, 0) is 44.2 Å². The summed E-state index contributed by atoms with van der Waals surface area (Å²) >= 11 is 11.8. The van der Waals surface area contributed by atoms with Crippen LogP contribution in [-0.4, -0.2) is 36.2 Å². The van der Waals surface area contributed by atoms with Gasteiger partial charge in [-0.15, -0.1) is 0 Å². The zero-order valence-corrected chi connectivity index (χ0v) is 15.8. The van der Waals surface area contributed by atoms with Gasteiger partial charge in [0.15, 0.2) is 0 Å². The van der Waals surface area contributed by atoms with Gasteiger partial charge < -0.3 is 15.0 Å². The second-order valence-electron chi connectivity index (χ2n) is 6.25. The highest BCUT2D eigenvalue weighted by Gasteiger charge is 2.24. The fraction of sp³-hybridized carbons (Fsp3) is 0.333. The lowest BCUT2D eigenvalue weighted by atomic mass is 10.1. The molecule has 2 heterocycles. The highest BCUT2D eigenvalue weighted by atomic mass is 35.5. The van der Waals surface area contributed by atoms with Gasteiger partial charge in [0, 0.05) is 18.8 Å². The normalized spacial score (nSPS) is 20.1. The fourth-order valence-corrected chi connectivity index (χ4v) is 3.32. The maximum Gasteiger partial charge on any atom is 0.275 e. The molecule has 1 aromatic heterocycles. The van der Waals surface area contributed by atoms with Crippen molar-refractivity contribution in [1.29, 1.82) is 0 Å². The van der Waals surface area contributed by atoms with E-state index in [1.165, 1.54) is 18.2 Å². The number of halogens is 3. The Kier molecular flexibility index (Phi) is 5.65. The van der Waals surface area contributed by atoms with Gasteiger partial charge in [-0.2, -0.15) is 0 Å². The molecule has 2 aromatic rings.